The van der Waals surface area contributed by atoms with Crippen molar-refractivity contribution in [2.24, 2.45) is 0 Å². The van der Waals surface area contributed by atoms with Crippen LogP contribution >= 0.6 is 11.6 Å². The number of methoxy groups -OCH3 is 1. The average Bonchev–Trinajstić information content (AvgIpc) is 3.07. The highest BCUT2D eigenvalue weighted by Gasteiger charge is 2.14. The zero-order chi connectivity index (χ0) is 20.7. The third kappa shape index (κ3) is 3.29. The first-order valence-electron chi connectivity index (χ1n) is 9.77. The van der Waals surface area contributed by atoms with E-state index in [1.165, 1.54) is 5.56 Å². The van der Waals surface area contributed by atoms with Crippen molar-refractivity contribution >= 4 is 33.5 Å². The van der Waals surface area contributed by atoms with Gasteiger partial charge in [-0.05, 0) is 67.1 Å². The van der Waals surface area contributed by atoms with Gasteiger partial charge in [0.25, 0.3) is 0 Å². The number of rotatable bonds is 4. The minimum atomic E-state index is 0.712. The Morgan fingerprint density at radius 2 is 1.77 bits per heavy atom. The predicted molar refractivity (Wildman–Crippen MR) is 122 cm³/mol. The van der Waals surface area contributed by atoms with Gasteiger partial charge in [0.2, 0.25) is 0 Å². The number of benzene rings is 2. The van der Waals surface area contributed by atoms with E-state index in [1.54, 1.807) is 7.11 Å². The van der Waals surface area contributed by atoms with Crippen LogP contribution < -0.4 is 4.74 Å². The molecule has 0 aliphatic heterocycles. The second kappa shape index (κ2) is 7.47. The maximum absolute atomic E-state index is 6.34. The Morgan fingerprint density at radius 3 is 2.50 bits per heavy atom. The Balaban J connectivity index is 1.68. The van der Waals surface area contributed by atoms with Crippen molar-refractivity contribution in [3.63, 3.8) is 0 Å². The smallest absolute Gasteiger partial charge is 0.118 e. The first kappa shape index (κ1) is 18.6. The number of aryl methyl sites for hydroxylation is 1. The summed E-state index contributed by atoms with van der Waals surface area (Å²) in [6.07, 6.45) is 1.87. The molecule has 5 heteroatoms. The van der Waals surface area contributed by atoms with Crippen LogP contribution in [0.3, 0.4) is 0 Å². The van der Waals surface area contributed by atoms with Crippen molar-refractivity contribution in [1.82, 2.24) is 14.5 Å². The number of nitrogens with zero attached hydrogens (tertiary/aromatic N) is 3. The lowest BCUT2D eigenvalue weighted by Gasteiger charge is -2.09. The largest absolute Gasteiger partial charge is 0.497 e. The van der Waals surface area contributed by atoms with E-state index in [4.69, 9.17) is 21.3 Å². The van der Waals surface area contributed by atoms with Gasteiger partial charge in [-0.3, -0.25) is 4.98 Å². The first-order valence-corrected chi connectivity index (χ1v) is 10.1. The fraction of sp³-hybridized carbons (Fsp3) is 0.120. The molecular weight excluding hydrogens is 394 g/mol. The summed E-state index contributed by atoms with van der Waals surface area (Å²) in [6, 6.07) is 22.4. The molecule has 2 aromatic carbocycles. The molecule has 3 heterocycles. The lowest BCUT2D eigenvalue weighted by molar-refractivity contribution is 0.414. The number of fused-ring (bicyclic) bond motifs is 3. The molecule has 0 aliphatic rings. The molecule has 0 radical (unpaired) electrons. The van der Waals surface area contributed by atoms with Gasteiger partial charge in [0.05, 0.1) is 29.4 Å². The second-order valence-electron chi connectivity index (χ2n) is 7.35. The maximum atomic E-state index is 6.34. The van der Waals surface area contributed by atoms with Crippen LogP contribution in [-0.4, -0.2) is 21.6 Å². The van der Waals surface area contributed by atoms with Gasteiger partial charge in [0.1, 0.15) is 5.75 Å². The molecule has 0 unspecified atom stereocenters. The van der Waals surface area contributed by atoms with Crippen molar-refractivity contribution in [3.8, 4) is 17.0 Å². The van der Waals surface area contributed by atoms with E-state index in [0.717, 1.165) is 51.2 Å². The third-order valence-electron chi connectivity index (χ3n) is 5.38. The van der Waals surface area contributed by atoms with E-state index in [9.17, 15) is 0 Å². The first-order chi connectivity index (χ1) is 14.6. The average molecular weight is 414 g/mol. The highest BCUT2D eigenvalue weighted by molar-refractivity contribution is 6.31. The molecule has 5 rings (SSSR count). The standard InChI is InChI=1S/C25H20ClN3O/c1-16-3-6-18(14-27-16)22-11-12-23-25(28-22)21-10-7-19(26)13-24(21)29(23)15-17-4-8-20(30-2)9-5-17/h3-14H,15H2,1-2H3. The van der Waals surface area contributed by atoms with Crippen LogP contribution in [0.25, 0.3) is 33.2 Å². The van der Waals surface area contributed by atoms with E-state index < -0.39 is 0 Å². The van der Waals surface area contributed by atoms with Gasteiger partial charge >= 0.3 is 0 Å². The van der Waals surface area contributed by atoms with E-state index >= 15 is 0 Å². The molecule has 148 valence electrons. The Bertz CT molecular complexity index is 1360. The zero-order valence-electron chi connectivity index (χ0n) is 16.8. The Labute approximate surface area is 179 Å². The third-order valence-corrected chi connectivity index (χ3v) is 5.61. The second-order valence-corrected chi connectivity index (χ2v) is 7.78. The lowest BCUT2D eigenvalue weighted by Crippen LogP contribution is -1.99. The molecule has 0 fully saturated rings. The minimum absolute atomic E-state index is 0.712. The van der Waals surface area contributed by atoms with Gasteiger partial charge in [-0.15, -0.1) is 0 Å². The van der Waals surface area contributed by atoms with Crippen LogP contribution in [-0.2, 0) is 6.54 Å². The Hall–Kier alpha value is -3.37. The molecule has 4 nitrogen and oxygen atoms in total. The molecule has 0 atom stereocenters. The summed E-state index contributed by atoms with van der Waals surface area (Å²) in [5, 5.41) is 1.80. The summed E-state index contributed by atoms with van der Waals surface area (Å²) >= 11 is 6.34. The highest BCUT2D eigenvalue weighted by Crippen LogP contribution is 2.32. The number of ether oxygens (including phenoxy) is 1. The SMILES string of the molecule is COc1ccc(Cn2c3cc(Cl)ccc3c3nc(-c4ccc(C)nc4)ccc32)cc1. The highest BCUT2D eigenvalue weighted by atomic mass is 35.5. The number of hydrogen-bond donors (Lipinski definition) is 0. The van der Waals surface area contributed by atoms with Crippen LogP contribution in [0.4, 0.5) is 0 Å². The summed E-state index contributed by atoms with van der Waals surface area (Å²) < 4.78 is 7.55. The van der Waals surface area contributed by atoms with Crippen LogP contribution in [0.1, 0.15) is 11.3 Å². The molecule has 0 amide bonds. The molecule has 5 aromatic rings. The molecule has 30 heavy (non-hydrogen) atoms. The van der Waals surface area contributed by atoms with Crippen molar-refractivity contribution in [1.29, 1.82) is 0 Å². The lowest BCUT2D eigenvalue weighted by atomic mass is 10.1. The van der Waals surface area contributed by atoms with Crippen LogP contribution in [0.15, 0.2) is 72.9 Å². The molecule has 3 aromatic heterocycles. The Kier molecular flexibility index (Phi) is 4.64. The van der Waals surface area contributed by atoms with Crippen LogP contribution in [0.5, 0.6) is 5.75 Å². The molecule has 0 bridgehead atoms. The molecule has 0 N–H and O–H groups in total. The fourth-order valence-corrected chi connectivity index (χ4v) is 3.96. The quantitative estimate of drug-likeness (QED) is 0.348. The summed E-state index contributed by atoms with van der Waals surface area (Å²) in [7, 11) is 1.68. The number of halogens is 1. The van der Waals surface area contributed by atoms with E-state index in [2.05, 4.69) is 45.9 Å². The topological polar surface area (TPSA) is 39.9 Å². The number of pyridine rings is 2. The Morgan fingerprint density at radius 1 is 0.933 bits per heavy atom. The summed E-state index contributed by atoms with van der Waals surface area (Å²) in [5.74, 6) is 0.849. The summed E-state index contributed by atoms with van der Waals surface area (Å²) in [5.41, 5.74) is 7.20. The predicted octanol–water partition coefficient (Wildman–Crippen LogP) is 6.27. The summed E-state index contributed by atoms with van der Waals surface area (Å²) in [6.45, 7) is 2.70. The van der Waals surface area contributed by atoms with Gasteiger partial charge in [0.15, 0.2) is 0 Å². The normalized spacial score (nSPS) is 11.3. The molecule has 0 aliphatic carbocycles. The van der Waals surface area contributed by atoms with Crippen molar-refractivity contribution in [3.05, 3.63) is 89.2 Å². The van der Waals surface area contributed by atoms with E-state index in [1.807, 2.05) is 43.5 Å². The van der Waals surface area contributed by atoms with Gasteiger partial charge < -0.3 is 9.30 Å². The van der Waals surface area contributed by atoms with Crippen LogP contribution in [0, 0.1) is 6.92 Å². The summed E-state index contributed by atoms with van der Waals surface area (Å²) in [4.78, 5) is 9.41. The zero-order valence-corrected chi connectivity index (χ0v) is 17.5. The van der Waals surface area contributed by atoms with Gasteiger partial charge in [-0.25, -0.2) is 4.98 Å². The molecule has 0 saturated carbocycles. The van der Waals surface area contributed by atoms with E-state index in [0.29, 0.717) is 5.02 Å². The van der Waals surface area contributed by atoms with Crippen LogP contribution in [0.2, 0.25) is 5.02 Å². The van der Waals surface area contributed by atoms with Crippen molar-refractivity contribution in [2.75, 3.05) is 7.11 Å². The number of aromatic nitrogens is 3. The van der Waals surface area contributed by atoms with Gasteiger partial charge in [0, 0.05) is 34.4 Å². The molecular formula is C25H20ClN3O. The number of hydrogen-bond acceptors (Lipinski definition) is 3. The van der Waals surface area contributed by atoms with Crippen molar-refractivity contribution in [2.45, 2.75) is 13.5 Å². The minimum Gasteiger partial charge on any atom is -0.497 e. The van der Waals surface area contributed by atoms with E-state index in [-0.39, 0.29) is 0 Å². The maximum Gasteiger partial charge on any atom is 0.118 e. The van der Waals surface area contributed by atoms with Gasteiger partial charge in [-0.2, -0.15) is 0 Å². The fourth-order valence-electron chi connectivity index (χ4n) is 3.79. The van der Waals surface area contributed by atoms with Gasteiger partial charge in [-0.1, -0.05) is 23.7 Å². The molecule has 0 spiro atoms. The monoisotopic (exact) mass is 413 g/mol. The van der Waals surface area contributed by atoms with Crippen molar-refractivity contribution < 1.29 is 4.74 Å². The molecule has 0 saturated heterocycles.